The zero-order chi connectivity index (χ0) is 21.7. The van der Waals surface area contributed by atoms with Gasteiger partial charge >= 0.3 is 5.69 Å². The van der Waals surface area contributed by atoms with Gasteiger partial charge in [-0.25, -0.2) is 4.79 Å². The molecule has 0 radical (unpaired) electrons. The highest BCUT2D eigenvalue weighted by Crippen LogP contribution is 2.37. The summed E-state index contributed by atoms with van der Waals surface area (Å²) in [6.07, 6.45) is 0. The number of methoxy groups -OCH3 is 1. The summed E-state index contributed by atoms with van der Waals surface area (Å²) in [5, 5.41) is 0. The minimum Gasteiger partial charge on any atom is -0.495 e. The van der Waals surface area contributed by atoms with E-state index in [1.54, 1.807) is 14.2 Å². The van der Waals surface area contributed by atoms with Gasteiger partial charge in [0, 0.05) is 20.1 Å². The van der Waals surface area contributed by atoms with Gasteiger partial charge in [0.2, 0.25) is 5.95 Å². The van der Waals surface area contributed by atoms with Gasteiger partial charge in [-0.3, -0.25) is 13.9 Å². The standard InChI is InChI=1S/C23H23N5O3/c1-15-9-10-18(31-3)17(13-15)26-11-12-27-19-20(24-22(26)27)25(2)23(30)28(21(19)29)14-16-7-5-4-6-8-16/h4-10,13H,11-12,14H2,1-3H3. The minimum absolute atomic E-state index is 0.220. The zero-order valence-electron chi connectivity index (χ0n) is 17.7. The topological polar surface area (TPSA) is 74.3 Å². The summed E-state index contributed by atoms with van der Waals surface area (Å²) in [5.74, 6) is 1.38. The van der Waals surface area contributed by atoms with Crippen LogP contribution in [-0.4, -0.2) is 32.3 Å². The van der Waals surface area contributed by atoms with Gasteiger partial charge in [0.05, 0.1) is 19.3 Å². The molecule has 0 spiro atoms. The highest BCUT2D eigenvalue weighted by atomic mass is 16.5. The van der Waals surface area contributed by atoms with E-state index in [9.17, 15) is 9.59 Å². The fourth-order valence-electron chi connectivity index (χ4n) is 4.22. The summed E-state index contributed by atoms with van der Waals surface area (Å²) in [4.78, 5) is 33.1. The number of ether oxygens (including phenoxy) is 1. The van der Waals surface area contributed by atoms with Crippen molar-refractivity contribution < 1.29 is 4.74 Å². The number of rotatable bonds is 4. The van der Waals surface area contributed by atoms with Crippen molar-refractivity contribution in [3.8, 4) is 5.75 Å². The van der Waals surface area contributed by atoms with Crippen LogP contribution in [0.2, 0.25) is 0 Å². The summed E-state index contributed by atoms with van der Waals surface area (Å²) in [5.41, 5.74) is 3.03. The molecule has 0 atom stereocenters. The fraction of sp³-hybridized carbons (Fsp3) is 0.261. The number of hydrogen-bond acceptors (Lipinski definition) is 5. The number of benzene rings is 2. The van der Waals surface area contributed by atoms with Crippen LogP contribution in [0.5, 0.6) is 5.75 Å². The first kappa shape index (κ1) is 19.2. The molecule has 0 saturated carbocycles. The van der Waals surface area contributed by atoms with E-state index in [1.165, 1.54) is 9.13 Å². The SMILES string of the molecule is COc1ccc(C)cc1N1CCn2c1nc1c2c(=O)n(Cc2ccccc2)c(=O)n1C. The Balaban J connectivity index is 1.70. The monoisotopic (exact) mass is 417 g/mol. The van der Waals surface area contributed by atoms with Crippen molar-refractivity contribution >= 4 is 22.8 Å². The van der Waals surface area contributed by atoms with Crippen molar-refractivity contribution in [1.29, 1.82) is 0 Å². The third kappa shape index (κ3) is 2.94. The van der Waals surface area contributed by atoms with Gasteiger partial charge in [0.1, 0.15) is 5.75 Å². The molecule has 8 nitrogen and oxygen atoms in total. The van der Waals surface area contributed by atoms with Crippen LogP contribution in [0.4, 0.5) is 11.6 Å². The van der Waals surface area contributed by atoms with Crippen molar-refractivity contribution in [3.05, 3.63) is 80.5 Å². The molecule has 0 amide bonds. The summed E-state index contributed by atoms with van der Waals surface area (Å²) in [6.45, 7) is 3.51. The van der Waals surface area contributed by atoms with Crippen LogP contribution in [0.3, 0.4) is 0 Å². The molecule has 0 unspecified atom stereocenters. The maximum Gasteiger partial charge on any atom is 0.332 e. The van der Waals surface area contributed by atoms with Crippen LogP contribution in [-0.2, 0) is 20.1 Å². The molecule has 158 valence electrons. The van der Waals surface area contributed by atoms with E-state index in [1.807, 2.05) is 64.9 Å². The van der Waals surface area contributed by atoms with Crippen molar-refractivity contribution in [1.82, 2.24) is 18.7 Å². The molecular formula is C23H23N5O3. The lowest BCUT2D eigenvalue weighted by Crippen LogP contribution is -2.40. The van der Waals surface area contributed by atoms with Gasteiger partial charge in [-0.15, -0.1) is 0 Å². The number of imidazole rings is 1. The summed E-state index contributed by atoms with van der Waals surface area (Å²) < 4.78 is 10.2. The van der Waals surface area contributed by atoms with E-state index in [0.717, 1.165) is 22.6 Å². The van der Waals surface area contributed by atoms with E-state index in [-0.39, 0.29) is 17.8 Å². The molecule has 0 bridgehead atoms. The van der Waals surface area contributed by atoms with Crippen molar-refractivity contribution in [3.63, 3.8) is 0 Å². The maximum absolute atomic E-state index is 13.4. The summed E-state index contributed by atoms with van der Waals surface area (Å²) in [7, 11) is 3.30. The van der Waals surface area contributed by atoms with Gasteiger partial charge in [-0.1, -0.05) is 36.4 Å². The van der Waals surface area contributed by atoms with Crippen LogP contribution in [0, 0.1) is 6.92 Å². The molecule has 5 rings (SSSR count). The first-order valence-corrected chi connectivity index (χ1v) is 10.2. The first-order valence-electron chi connectivity index (χ1n) is 10.2. The molecule has 1 aliphatic rings. The summed E-state index contributed by atoms with van der Waals surface area (Å²) >= 11 is 0. The second kappa shape index (κ2) is 7.16. The van der Waals surface area contributed by atoms with Crippen LogP contribution in [0.15, 0.2) is 58.1 Å². The number of nitrogens with zero attached hydrogens (tertiary/aromatic N) is 5. The quantitative estimate of drug-likeness (QED) is 0.510. The van der Waals surface area contributed by atoms with Crippen LogP contribution >= 0.6 is 0 Å². The molecule has 0 aliphatic carbocycles. The Labute approximate surface area is 178 Å². The van der Waals surface area contributed by atoms with Gasteiger partial charge in [-0.2, -0.15) is 4.98 Å². The van der Waals surface area contributed by atoms with E-state index >= 15 is 0 Å². The maximum atomic E-state index is 13.4. The van der Waals surface area contributed by atoms with E-state index < -0.39 is 0 Å². The number of hydrogen-bond donors (Lipinski definition) is 0. The van der Waals surface area contributed by atoms with Gasteiger partial charge in [0.15, 0.2) is 11.2 Å². The molecule has 8 heteroatoms. The lowest BCUT2D eigenvalue weighted by Gasteiger charge is -2.19. The Morgan fingerprint density at radius 1 is 1.06 bits per heavy atom. The molecular weight excluding hydrogens is 394 g/mol. The largest absolute Gasteiger partial charge is 0.495 e. The summed E-state index contributed by atoms with van der Waals surface area (Å²) in [6, 6.07) is 15.5. The fourth-order valence-corrected chi connectivity index (χ4v) is 4.22. The highest BCUT2D eigenvalue weighted by Gasteiger charge is 2.30. The van der Waals surface area contributed by atoms with Gasteiger partial charge < -0.3 is 14.2 Å². The average molecular weight is 417 g/mol. The third-order valence-electron chi connectivity index (χ3n) is 5.81. The van der Waals surface area contributed by atoms with E-state index in [2.05, 4.69) is 0 Å². The predicted octanol–water partition coefficient (Wildman–Crippen LogP) is 2.41. The Bertz CT molecular complexity index is 1420. The Kier molecular flexibility index (Phi) is 4.43. The molecule has 3 heterocycles. The molecule has 0 fully saturated rings. The predicted molar refractivity (Wildman–Crippen MR) is 120 cm³/mol. The van der Waals surface area contributed by atoms with Gasteiger partial charge in [0.25, 0.3) is 5.56 Å². The number of fused-ring (bicyclic) bond motifs is 3. The Morgan fingerprint density at radius 2 is 1.84 bits per heavy atom. The number of aryl methyl sites for hydroxylation is 2. The molecule has 2 aromatic heterocycles. The zero-order valence-corrected chi connectivity index (χ0v) is 17.7. The van der Waals surface area contributed by atoms with Gasteiger partial charge in [-0.05, 0) is 30.2 Å². The lowest BCUT2D eigenvalue weighted by molar-refractivity contribution is 0.415. The van der Waals surface area contributed by atoms with Crippen molar-refractivity contribution in [2.45, 2.75) is 20.0 Å². The van der Waals surface area contributed by atoms with E-state index in [0.29, 0.717) is 30.2 Å². The van der Waals surface area contributed by atoms with E-state index in [4.69, 9.17) is 9.72 Å². The van der Waals surface area contributed by atoms with Crippen LogP contribution in [0.1, 0.15) is 11.1 Å². The molecule has 2 aromatic carbocycles. The first-order chi connectivity index (χ1) is 15.0. The van der Waals surface area contributed by atoms with Crippen LogP contribution in [0.25, 0.3) is 11.2 Å². The molecule has 0 saturated heterocycles. The number of aromatic nitrogens is 4. The third-order valence-corrected chi connectivity index (χ3v) is 5.81. The molecule has 0 N–H and O–H groups in total. The normalized spacial score (nSPS) is 13.1. The highest BCUT2D eigenvalue weighted by molar-refractivity contribution is 5.79. The minimum atomic E-state index is -0.377. The second-order valence-electron chi connectivity index (χ2n) is 7.78. The average Bonchev–Trinajstić information content (AvgIpc) is 3.35. The van der Waals surface area contributed by atoms with Crippen LogP contribution < -0.4 is 20.9 Å². The van der Waals surface area contributed by atoms with Crippen molar-refractivity contribution in [2.75, 3.05) is 18.6 Å². The molecule has 1 aliphatic heterocycles. The Morgan fingerprint density at radius 3 is 2.58 bits per heavy atom. The molecule has 4 aromatic rings. The lowest BCUT2D eigenvalue weighted by atomic mass is 10.2. The number of anilines is 2. The Hall–Kier alpha value is -3.81. The smallest absolute Gasteiger partial charge is 0.332 e. The second-order valence-corrected chi connectivity index (χ2v) is 7.78. The molecule has 31 heavy (non-hydrogen) atoms. The van der Waals surface area contributed by atoms with Crippen molar-refractivity contribution in [2.24, 2.45) is 7.05 Å².